The lowest BCUT2D eigenvalue weighted by Gasteiger charge is -2.35. The van der Waals surface area contributed by atoms with Crippen molar-refractivity contribution in [3.05, 3.63) is 12.2 Å². The Bertz CT molecular complexity index is 415. The van der Waals surface area contributed by atoms with E-state index >= 15 is 0 Å². The maximum Gasteiger partial charge on any atom is 0.111 e. The summed E-state index contributed by atoms with van der Waals surface area (Å²) < 4.78 is 10.9. The van der Waals surface area contributed by atoms with Crippen molar-refractivity contribution in [2.24, 2.45) is 0 Å². The molecule has 1 aliphatic rings. The van der Waals surface area contributed by atoms with Gasteiger partial charge in [-0.05, 0) is 26.2 Å². The summed E-state index contributed by atoms with van der Waals surface area (Å²) in [6.07, 6.45) is 21.9. The summed E-state index contributed by atoms with van der Waals surface area (Å²) in [5, 5.41) is 28.9. The van der Waals surface area contributed by atoms with Gasteiger partial charge >= 0.3 is 0 Å². The first-order valence-electron chi connectivity index (χ1n) is 13.0. The van der Waals surface area contributed by atoms with Crippen molar-refractivity contribution in [3.8, 4) is 0 Å². The van der Waals surface area contributed by atoms with Crippen molar-refractivity contribution in [2.45, 2.75) is 134 Å². The molecule has 184 valence electrons. The van der Waals surface area contributed by atoms with Crippen molar-refractivity contribution in [1.29, 1.82) is 0 Å². The first-order chi connectivity index (χ1) is 15.2. The molecule has 1 heterocycles. The van der Waals surface area contributed by atoms with Crippen LogP contribution in [0.3, 0.4) is 0 Å². The van der Waals surface area contributed by atoms with E-state index in [2.05, 4.69) is 19.1 Å². The average molecular weight is 443 g/mol. The number of unbranched alkanes of at least 4 members (excludes halogenated alkanes) is 15. The molecule has 0 aromatic carbocycles. The lowest BCUT2D eigenvalue weighted by molar-refractivity contribution is -0.199. The third-order valence-corrected chi connectivity index (χ3v) is 6.28. The van der Waals surface area contributed by atoms with Gasteiger partial charge < -0.3 is 24.8 Å². The van der Waals surface area contributed by atoms with Gasteiger partial charge in [-0.25, -0.2) is 0 Å². The molecule has 1 saturated heterocycles. The minimum Gasteiger partial charge on any atom is -0.388 e. The van der Waals surface area contributed by atoms with Crippen LogP contribution in [0.2, 0.25) is 0 Å². The standard InChI is InChI=1S/C26H50O5/c1-2-3-4-5-6-7-8-9-10-11-12-13-14-15-16-17-18-19-20-30-22-24-26(29)25(28)23(27)21-31-24/h2-3,23-29H,4-22H2,1H3/b3-2+/t23-,24+,25+,26+/m0/s1. The molecule has 5 nitrogen and oxygen atoms in total. The summed E-state index contributed by atoms with van der Waals surface area (Å²) in [5.41, 5.74) is 0. The SMILES string of the molecule is C/C=C/CCCCCCCCCCCCCCCCCOC[C@H]1OC[C@H](O)[C@@H](O)[C@@H]1O. The van der Waals surface area contributed by atoms with Gasteiger partial charge in [-0.1, -0.05) is 95.6 Å². The molecule has 31 heavy (non-hydrogen) atoms. The first kappa shape index (κ1) is 28.6. The van der Waals surface area contributed by atoms with Crippen LogP contribution in [-0.2, 0) is 9.47 Å². The van der Waals surface area contributed by atoms with Crippen LogP contribution in [-0.4, -0.2) is 59.6 Å². The number of rotatable bonds is 20. The van der Waals surface area contributed by atoms with Gasteiger partial charge in [0.1, 0.15) is 24.4 Å². The Morgan fingerprint density at radius 1 is 0.710 bits per heavy atom. The van der Waals surface area contributed by atoms with E-state index in [9.17, 15) is 15.3 Å². The highest BCUT2D eigenvalue weighted by Gasteiger charge is 2.37. The Morgan fingerprint density at radius 2 is 1.19 bits per heavy atom. The van der Waals surface area contributed by atoms with Crippen LogP contribution in [0.1, 0.15) is 110 Å². The molecule has 1 fully saturated rings. The minimum absolute atomic E-state index is 0.0453. The molecule has 0 aromatic heterocycles. The van der Waals surface area contributed by atoms with E-state index in [1.165, 1.54) is 96.3 Å². The molecule has 1 rings (SSSR count). The minimum atomic E-state index is -1.15. The molecular formula is C26H50O5. The van der Waals surface area contributed by atoms with E-state index in [4.69, 9.17) is 9.47 Å². The number of hydrogen-bond donors (Lipinski definition) is 3. The highest BCUT2D eigenvalue weighted by atomic mass is 16.6. The van der Waals surface area contributed by atoms with E-state index in [-0.39, 0.29) is 13.2 Å². The summed E-state index contributed by atoms with van der Waals surface area (Å²) in [5.74, 6) is 0. The Balaban J connectivity index is 1.74. The Labute approximate surface area is 191 Å². The van der Waals surface area contributed by atoms with E-state index in [0.29, 0.717) is 6.61 Å². The predicted molar refractivity (Wildman–Crippen MR) is 127 cm³/mol. The fourth-order valence-corrected chi connectivity index (χ4v) is 4.14. The maximum atomic E-state index is 9.85. The average Bonchev–Trinajstić information content (AvgIpc) is 2.77. The van der Waals surface area contributed by atoms with Gasteiger partial charge in [0.05, 0.1) is 13.2 Å². The number of ether oxygens (including phenoxy) is 2. The highest BCUT2D eigenvalue weighted by molar-refractivity contribution is 4.86. The molecule has 0 saturated carbocycles. The third-order valence-electron chi connectivity index (χ3n) is 6.28. The predicted octanol–water partition coefficient (Wildman–Crippen LogP) is 5.30. The van der Waals surface area contributed by atoms with Crippen molar-refractivity contribution < 1.29 is 24.8 Å². The van der Waals surface area contributed by atoms with E-state index in [1.807, 2.05) is 0 Å². The summed E-state index contributed by atoms with van der Waals surface area (Å²) >= 11 is 0. The van der Waals surface area contributed by atoms with Crippen molar-refractivity contribution in [2.75, 3.05) is 19.8 Å². The second-order valence-corrected chi connectivity index (χ2v) is 9.16. The molecule has 0 radical (unpaired) electrons. The number of aliphatic hydroxyl groups is 3. The van der Waals surface area contributed by atoms with Gasteiger partial charge in [-0.2, -0.15) is 0 Å². The van der Waals surface area contributed by atoms with Crippen LogP contribution in [0.4, 0.5) is 0 Å². The lowest BCUT2D eigenvalue weighted by atomic mass is 10.0. The van der Waals surface area contributed by atoms with Gasteiger partial charge in [0, 0.05) is 6.61 Å². The van der Waals surface area contributed by atoms with Crippen LogP contribution in [0.15, 0.2) is 12.2 Å². The zero-order valence-corrected chi connectivity index (χ0v) is 20.1. The summed E-state index contributed by atoms with van der Waals surface area (Å²) in [6, 6.07) is 0. The Kier molecular flexibility index (Phi) is 18.6. The smallest absolute Gasteiger partial charge is 0.111 e. The fraction of sp³-hybridized carbons (Fsp3) is 0.923. The summed E-state index contributed by atoms with van der Waals surface area (Å²) in [6.45, 7) is 3.06. The number of aliphatic hydroxyl groups excluding tert-OH is 3. The van der Waals surface area contributed by atoms with Crippen LogP contribution in [0, 0.1) is 0 Å². The number of hydrogen-bond acceptors (Lipinski definition) is 5. The molecule has 0 aromatic rings. The fourth-order valence-electron chi connectivity index (χ4n) is 4.14. The lowest BCUT2D eigenvalue weighted by Crippen LogP contribution is -2.54. The van der Waals surface area contributed by atoms with Gasteiger partial charge in [-0.3, -0.25) is 0 Å². The monoisotopic (exact) mass is 442 g/mol. The quantitative estimate of drug-likeness (QED) is 0.176. The first-order valence-corrected chi connectivity index (χ1v) is 13.0. The molecule has 0 spiro atoms. The molecule has 3 N–H and O–H groups in total. The van der Waals surface area contributed by atoms with Crippen LogP contribution in [0.5, 0.6) is 0 Å². The van der Waals surface area contributed by atoms with E-state index in [1.54, 1.807) is 0 Å². The second kappa shape index (κ2) is 20.2. The zero-order chi connectivity index (χ0) is 22.6. The van der Waals surface area contributed by atoms with Gasteiger partial charge in [-0.15, -0.1) is 0 Å². The molecule has 0 bridgehead atoms. The molecule has 5 heteroatoms. The molecular weight excluding hydrogens is 392 g/mol. The van der Waals surface area contributed by atoms with Crippen LogP contribution >= 0.6 is 0 Å². The zero-order valence-electron chi connectivity index (χ0n) is 20.1. The normalized spacial score (nSPS) is 24.3. The largest absolute Gasteiger partial charge is 0.388 e. The maximum absolute atomic E-state index is 9.85. The van der Waals surface area contributed by atoms with Crippen molar-refractivity contribution in [3.63, 3.8) is 0 Å². The van der Waals surface area contributed by atoms with Gasteiger partial charge in [0.25, 0.3) is 0 Å². The summed E-state index contributed by atoms with van der Waals surface area (Å²) in [7, 11) is 0. The Morgan fingerprint density at radius 3 is 1.71 bits per heavy atom. The summed E-state index contributed by atoms with van der Waals surface area (Å²) in [4.78, 5) is 0. The van der Waals surface area contributed by atoms with Gasteiger partial charge in [0.2, 0.25) is 0 Å². The number of allylic oxidation sites excluding steroid dienone is 2. The van der Waals surface area contributed by atoms with Crippen molar-refractivity contribution in [1.82, 2.24) is 0 Å². The van der Waals surface area contributed by atoms with Crippen molar-refractivity contribution >= 4 is 0 Å². The topological polar surface area (TPSA) is 79.2 Å². The van der Waals surface area contributed by atoms with Crippen LogP contribution in [0.25, 0.3) is 0 Å². The highest BCUT2D eigenvalue weighted by Crippen LogP contribution is 2.16. The molecule has 0 unspecified atom stereocenters. The molecule has 4 atom stereocenters. The molecule has 0 amide bonds. The second-order valence-electron chi connectivity index (χ2n) is 9.16. The van der Waals surface area contributed by atoms with Gasteiger partial charge in [0.15, 0.2) is 0 Å². The van der Waals surface area contributed by atoms with E-state index < -0.39 is 24.4 Å². The third kappa shape index (κ3) is 15.1. The van der Waals surface area contributed by atoms with Crippen LogP contribution < -0.4 is 0 Å². The van der Waals surface area contributed by atoms with E-state index in [0.717, 1.165) is 6.42 Å². The molecule has 0 aliphatic carbocycles. The Hall–Kier alpha value is -0.460. The molecule has 1 aliphatic heterocycles.